The molecule has 0 aliphatic rings. The highest BCUT2D eigenvalue weighted by molar-refractivity contribution is 7.10. The molecule has 2 heterocycles. The average Bonchev–Trinajstić information content (AvgIpc) is 3.18. The summed E-state index contributed by atoms with van der Waals surface area (Å²) in [5, 5.41) is 23.0. The molecule has 7 heteroatoms. The summed E-state index contributed by atoms with van der Waals surface area (Å²) in [6, 6.07) is 5.77. The molecule has 2 rings (SSSR count). The van der Waals surface area contributed by atoms with Crippen LogP contribution in [0.25, 0.3) is 0 Å². The second-order valence-corrected chi connectivity index (χ2v) is 6.09. The minimum Gasteiger partial charge on any atom is -0.383 e. The van der Waals surface area contributed by atoms with Gasteiger partial charge in [0.15, 0.2) is 5.96 Å². The summed E-state index contributed by atoms with van der Waals surface area (Å²) in [6.07, 6.45) is 3.69. The fourth-order valence-corrected chi connectivity index (χ4v) is 2.74. The molecule has 0 bridgehead atoms. The summed E-state index contributed by atoms with van der Waals surface area (Å²) < 4.78 is 1.86. The molecule has 6 nitrogen and oxygen atoms in total. The van der Waals surface area contributed by atoms with Gasteiger partial charge in [0.2, 0.25) is 0 Å². The third-order valence-electron chi connectivity index (χ3n) is 3.13. The molecule has 3 N–H and O–H groups in total. The van der Waals surface area contributed by atoms with Crippen molar-refractivity contribution in [3.63, 3.8) is 0 Å². The lowest BCUT2D eigenvalue weighted by Crippen LogP contribution is -2.40. The fourth-order valence-electron chi connectivity index (χ4n) is 1.96. The van der Waals surface area contributed by atoms with E-state index in [9.17, 15) is 5.11 Å². The SMILES string of the molecule is CCNC(=NCC(C)(O)c1cccs1)NCCn1cccn1. The predicted molar refractivity (Wildman–Crippen MR) is 90.1 cm³/mol. The summed E-state index contributed by atoms with van der Waals surface area (Å²) >= 11 is 1.54. The van der Waals surface area contributed by atoms with Gasteiger partial charge in [-0.25, -0.2) is 4.99 Å². The molecule has 0 aliphatic heterocycles. The van der Waals surface area contributed by atoms with E-state index in [0.717, 1.165) is 18.0 Å². The molecule has 0 aromatic carbocycles. The van der Waals surface area contributed by atoms with E-state index in [1.165, 1.54) is 11.3 Å². The molecule has 0 fully saturated rings. The highest BCUT2D eigenvalue weighted by Gasteiger charge is 2.23. The van der Waals surface area contributed by atoms with E-state index in [1.807, 2.05) is 41.4 Å². The standard InChI is InChI=1S/C15H23N5OS/c1-3-16-14(17-8-10-20-9-5-7-19-20)18-12-15(2,21)13-6-4-11-22-13/h4-7,9,11,21H,3,8,10,12H2,1-2H3,(H2,16,17,18). The van der Waals surface area contributed by atoms with Gasteiger partial charge in [0, 0.05) is 30.4 Å². The maximum absolute atomic E-state index is 10.5. The molecule has 1 unspecified atom stereocenters. The van der Waals surface area contributed by atoms with Gasteiger partial charge in [-0.15, -0.1) is 11.3 Å². The quantitative estimate of drug-likeness (QED) is 0.532. The molecular weight excluding hydrogens is 298 g/mol. The van der Waals surface area contributed by atoms with E-state index in [0.29, 0.717) is 19.0 Å². The normalized spacial score (nSPS) is 14.6. The van der Waals surface area contributed by atoms with E-state index in [1.54, 1.807) is 13.1 Å². The van der Waals surface area contributed by atoms with Crippen LogP contribution in [0.15, 0.2) is 41.0 Å². The molecule has 2 aromatic rings. The average molecular weight is 321 g/mol. The van der Waals surface area contributed by atoms with Gasteiger partial charge in [-0.05, 0) is 31.4 Å². The molecular formula is C15H23N5OS. The number of rotatable bonds is 7. The Bertz CT molecular complexity index is 563. The molecule has 1 atom stereocenters. The zero-order chi connectivity index (χ0) is 15.8. The maximum Gasteiger partial charge on any atom is 0.191 e. The Labute approximate surface area is 134 Å². The van der Waals surface area contributed by atoms with Crippen molar-refractivity contribution in [2.45, 2.75) is 26.0 Å². The number of aliphatic hydroxyl groups is 1. The van der Waals surface area contributed by atoms with E-state index in [2.05, 4.69) is 20.7 Å². The lowest BCUT2D eigenvalue weighted by atomic mass is 10.1. The molecule has 0 saturated heterocycles. The summed E-state index contributed by atoms with van der Waals surface area (Å²) in [6.45, 7) is 6.37. The van der Waals surface area contributed by atoms with Crippen molar-refractivity contribution in [3.8, 4) is 0 Å². The first-order valence-electron chi connectivity index (χ1n) is 7.38. The number of nitrogens with one attached hydrogen (secondary N) is 2. The van der Waals surface area contributed by atoms with Gasteiger partial charge in [0.05, 0.1) is 13.1 Å². The van der Waals surface area contributed by atoms with Gasteiger partial charge < -0.3 is 15.7 Å². The van der Waals surface area contributed by atoms with Gasteiger partial charge in [0.1, 0.15) is 5.60 Å². The minimum absolute atomic E-state index is 0.310. The van der Waals surface area contributed by atoms with Crippen molar-refractivity contribution in [2.24, 2.45) is 4.99 Å². The molecule has 0 aliphatic carbocycles. The van der Waals surface area contributed by atoms with Crippen LogP contribution in [0.2, 0.25) is 0 Å². The van der Waals surface area contributed by atoms with Gasteiger partial charge in [0.25, 0.3) is 0 Å². The zero-order valence-corrected chi connectivity index (χ0v) is 13.8. The Hall–Kier alpha value is -1.86. The highest BCUT2D eigenvalue weighted by Crippen LogP contribution is 2.25. The van der Waals surface area contributed by atoms with E-state index in [4.69, 9.17) is 0 Å². The third kappa shape index (κ3) is 4.85. The van der Waals surface area contributed by atoms with E-state index in [-0.39, 0.29) is 0 Å². The van der Waals surface area contributed by atoms with Crippen LogP contribution in [0.1, 0.15) is 18.7 Å². The number of aliphatic imine (C=N–C) groups is 1. The summed E-state index contributed by atoms with van der Waals surface area (Å²) in [4.78, 5) is 5.40. The fraction of sp³-hybridized carbons (Fsp3) is 0.467. The molecule has 0 radical (unpaired) electrons. The largest absolute Gasteiger partial charge is 0.383 e. The maximum atomic E-state index is 10.5. The molecule has 0 spiro atoms. The number of thiophene rings is 1. The first-order valence-corrected chi connectivity index (χ1v) is 8.26. The predicted octanol–water partition coefficient (Wildman–Crippen LogP) is 1.41. The number of guanidine groups is 1. The monoisotopic (exact) mass is 321 g/mol. The Morgan fingerprint density at radius 3 is 2.95 bits per heavy atom. The topological polar surface area (TPSA) is 74.5 Å². The first-order chi connectivity index (χ1) is 10.6. The zero-order valence-electron chi connectivity index (χ0n) is 13.0. The van der Waals surface area contributed by atoms with Crippen LogP contribution >= 0.6 is 11.3 Å². The van der Waals surface area contributed by atoms with Crippen molar-refractivity contribution in [1.29, 1.82) is 0 Å². The van der Waals surface area contributed by atoms with E-state index < -0.39 is 5.60 Å². The van der Waals surface area contributed by atoms with Crippen LogP contribution in [0, 0.1) is 0 Å². The first kappa shape index (κ1) is 16.5. The van der Waals surface area contributed by atoms with Crippen molar-refractivity contribution in [1.82, 2.24) is 20.4 Å². The second-order valence-electron chi connectivity index (χ2n) is 5.14. The molecule has 0 amide bonds. The van der Waals surface area contributed by atoms with Crippen LogP contribution in [-0.2, 0) is 12.1 Å². The van der Waals surface area contributed by atoms with Crippen molar-refractivity contribution in [3.05, 3.63) is 40.8 Å². The second kappa shape index (κ2) is 7.95. The van der Waals surface area contributed by atoms with Crippen LogP contribution in [0.3, 0.4) is 0 Å². The summed E-state index contributed by atoms with van der Waals surface area (Å²) in [7, 11) is 0. The number of aromatic nitrogens is 2. The third-order valence-corrected chi connectivity index (χ3v) is 4.26. The molecule has 120 valence electrons. The molecule has 22 heavy (non-hydrogen) atoms. The molecule has 0 saturated carbocycles. The van der Waals surface area contributed by atoms with Gasteiger partial charge >= 0.3 is 0 Å². The lowest BCUT2D eigenvalue weighted by molar-refractivity contribution is 0.0711. The van der Waals surface area contributed by atoms with Gasteiger partial charge in [-0.1, -0.05) is 6.07 Å². The Balaban J connectivity index is 1.89. The number of hydrogen-bond acceptors (Lipinski definition) is 4. The Morgan fingerprint density at radius 1 is 1.45 bits per heavy atom. The Morgan fingerprint density at radius 2 is 2.32 bits per heavy atom. The Kier molecular flexibility index (Phi) is 5.97. The number of hydrogen-bond donors (Lipinski definition) is 3. The van der Waals surface area contributed by atoms with Crippen molar-refractivity contribution >= 4 is 17.3 Å². The van der Waals surface area contributed by atoms with Crippen LogP contribution in [0.4, 0.5) is 0 Å². The molecule has 2 aromatic heterocycles. The van der Waals surface area contributed by atoms with Crippen molar-refractivity contribution in [2.75, 3.05) is 19.6 Å². The van der Waals surface area contributed by atoms with Crippen LogP contribution < -0.4 is 10.6 Å². The summed E-state index contributed by atoms with van der Waals surface area (Å²) in [5.41, 5.74) is -0.946. The van der Waals surface area contributed by atoms with Crippen LogP contribution in [-0.4, -0.2) is 40.5 Å². The summed E-state index contributed by atoms with van der Waals surface area (Å²) in [5.74, 6) is 0.700. The smallest absolute Gasteiger partial charge is 0.191 e. The highest BCUT2D eigenvalue weighted by atomic mass is 32.1. The van der Waals surface area contributed by atoms with Gasteiger partial charge in [-0.3, -0.25) is 4.68 Å². The van der Waals surface area contributed by atoms with Crippen LogP contribution in [0.5, 0.6) is 0 Å². The van der Waals surface area contributed by atoms with Crippen molar-refractivity contribution < 1.29 is 5.11 Å². The minimum atomic E-state index is -0.946. The van der Waals surface area contributed by atoms with Gasteiger partial charge in [-0.2, -0.15) is 5.10 Å². The lowest BCUT2D eigenvalue weighted by Gasteiger charge is -2.20. The van der Waals surface area contributed by atoms with E-state index >= 15 is 0 Å². The number of nitrogens with zero attached hydrogens (tertiary/aromatic N) is 3.